The molecule has 2 aromatic rings. The third-order valence-corrected chi connectivity index (χ3v) is 2.20. The van der Waals surface area contributed by atoms with Crippen molar-refractivity contribution in [1.29, 1.82) is 0 Å². The molecule has 7 nitrogen and oxygen atoms in total. The highest BCUT2D eigenvalue weighted by atomic mass is 19.4. The monoisotopic (exact) mass is 276 g/mol. The Kier molecular flexibility index (Phi) is 3.00. The summed E-state index contributed by atoms with van der Waals surface area (Å²) in [4.78, 5) is 24.5. The van der Waals surface area contributed by atoms with Gasteiger partial charge in [0.2, 0.25) is 5.89 Å². The highest BCUT2D eigenvalue weighted by Crippen LogP contribution is 2.27. The first-order valence-corrected chi connectivity index (χ1v) is 4.97. The molecule has 0 unspecified atom stereocenters. The summed E-state index contributed by atoms with van der Waals surface area (Å²) in [5, 5.41) is 6.01. The first kappa shape index (κ1) is 13.1. The summed E-state index contributed by atoms with van der Waals surface area (Å²) in [5.74, 6) is -1.88. The minimum atomic E-state index is -4.74. The van der Waals surface area contributed by atoms with Gasteiger partial charge in [0.15, 0.2) is 0 Å². The molecule has 10 heteroatoms. The Morgan fingerprint density at radius 3 is 2.63 bits per heavy atom. The number of alkyl halides is 3. The van der Waals surface area contributed by atoms with E-state index in [1.54, 1.807) is 0 Å². The van der Waals surface area contributed by atoms with Crippen molar-refractivity contribution in [3.63, 3.8) is 0 Å². The Bertz CT molecular complexity index is 712. The molecule has 0 aromatic carbocycles. The van der Waals surface area contributed by atoms with Crippen LogP contribution in [0.3, 0.4) is 0 Å². The molecule has 19 heavy (non-hydrogen) atoms. The van der Waals surface area contributed by atoms with Gasteiger partial charge >= 0.3 is 17.8 Å². The van der Waals surface area contributed by atoms with Crippen LogP contribution in [-0.4, -0.2) is 19.7 Å². The van der Waals surface area contributed by atoms with Crippen LogP contribution in [0.2, 0.25) is 0 Å². The van der Waals surface area contributed by atoms with Gasteiger partial charge in [0.05, 0.1) is 0 Å². The lowest BCUT2D eigenvalue weighted by Gasteiger charge is -2.02. The summed E-state index contributed by atoms with van der Waals surface area (Å²) >= 11 is 0. The largest absolute Gasteiger partial charge is 0.470 e. The minimum absolute atomic E-state index is 0.232. The zero-order valence-corrected chi connectivity index (χ0v) is 9.48. The highest BCUT2D eigenvalue weighted by Gasteiger charge is 2.38. The van der Waals surface area contributed by atoms with Crippen LogP contribution in [0, 0.1) is 6.92 Å². The summed E-state index contributed by atoms with van der Waals surface area (Å²) in [6.07, 6.45) is -3.55. The van der Waals surface area contributed by atoms with Gasteiger partial charge in [0.1, 0.15) is 6.54 Å². The van der Waals surface area contributed by atoms with Crippen LogP contribution in [0.25, 0.3) is 0 Å². The van der Waals surface area contributed by atoms with E-state index in [2.05, 4.69) is 14.6 Å². The Morgan fingerprint density at radius 2 is 2.05 bits per heavy atom. The first-order chi connectivity index (χ1) is 8.77. The number of H-pyrrole nitrogens is 1. The number of nitrogens with zero attached hydrogens (tertiary/aromatic N) is 3. The van der Waals surface area contributed by atoms with Crippen molar-refractivity contribution in [3.05, 3.63) is 44.4 Å². The van der Waals surface area contributed by atoms with Crippen LogP contribution in [0.4, 0.5) is 13.2 Å². The molecule has 0 saturated heterocycles. The topological polar surface area (TPSA) is 93.8 Å². The van der Waals surface area contributed by atoms with Gasteiger partial charge in [-0.1, -0.05) is 0 Å². The second-order valence-corrected chi connectivity index (χ2v) is 3.70. The van der Waals surface area contributed by atoms with E-state index in [1.165, 1.54) is 13.1 Å². The molecule has 0 spiro atoms. The van der Waals surface area contributed by atoms with Crippen molar-refractivity contribution in [2.45, 2.75) is 19.6 Å². The van der Waals surface area contributed by atoms with Gasteiger partial charge in [-0.2, -0.15) is 13.2 Å². The number of hydrogen-bond donors (Lipinski definition) is 1. The molecule has 2 heterocycles. The smallest absolute Gasteiger partial charge is 0.415 e. The Morgan fingerprint density at radius 1 is 1.37 bits per heavy atom. The van der Waals surface area contributed by atoms with E-state index in [-0.39, 0.29) is 18.0 Å². The third kappa shape index (κ3) is 2.72. The fraction of sp³-hybridized carbons (Fsp3) is 0.333. The summed E-state index contributed by atoms with van der Waals surface area (Å²) in [7, 11) is 0. The fourth-order valence-electron chi connectivity index (χ4n) is 1.31. The van der Waals surface area contributed by atoms with E-state index in [4.69, 9.17) is 0 Å². The molecular formula is C9H7F3N4O3. The van der Waals surface area contributed by atoms with Crippen LogP contribution in [0.1, 0.15) is 17.3 Å². The van der Waals surface area contributed by atoms with Crippen molar-refractivity contribution in [1.82, 2.24) is 19.7 Å². The van der Waals surface area contributed by atoms with Crippen molar-refractivity contribution < 1.29 is 17.6 Å². The van der Waals surface area contributed by atoms with Crippen molar-refractivity contribution in [2.24, 2.45) is 0 Å². The number of aryl methyl sites for hydroxylation is 1. The second-order valence-electron chi connectivity index (χ2n) is 3.70. The zero-order valence-electron chi connectivity index (χ0n) is 9.48. The van der Waals surface area contributed by atoms with E-state index in [0.717, 1.165) is 4.57 Å². The number of rotatable bonds is 2. The Hall–Kier alpha value is -2.39. The fourth-order valence-corrected chi connectivity index (χ4v) is 1.31. The van der Waals surface area contributed by atoms with E-state index in [1.807, 2.05) is 4.98 Å². The van der Waals surface area contributed by atoms with Crippen molar-refractivity contribution >= 4 is 0 Å². The molecule has 0 aliphatic rings. The average Bonchev–Trinajstić information content (AvgIpc) is 2.74. The maximum atomic E-state index is 12.2. The SMILES string of the molecule is Cc1cn(Cc2nnc(C(F)(F)F)o2)c(=O)[nH]c1=O. The standard InChI is InChI=1S/C9H7F3N4O3/c1-4-2-16(8(18)13-6(4)17)3-5-14-15-7(19-5)9(10,11)12/h2H,3H2,1H3,(H,13,17,18). The van der Waals surface area contributed by atoms with Crippen LogP contribution >= 0.6 is 0 Å². The molecule has 0 aliphatic heterocycles. The highest BCUT2D eigenvalue weighted by molar-refractivity contribution is 5.01. The maximum Gasteiger partial charge on any atom is 0.470 e. The molecule has 102 valence electrons. The van der Waals surface area contributed by atoms with Gasteiger partial charge < -0.3 is 4.42 Å². The summed E-state index contributed by atoms with van der Waals surface area (Å²) < 4.78 is 42.0. The summed E-state index contributed by atoms with van der Waals surface area (Å²) in [6.45, 7) is 1.09. The third-order valence-electron chi connectivity index (χ3n) is 2.20. The van der Waals surface area contributed by atoms with Crippen LogP contribution in [-0.2, 0) is 12.7 Å². The summed E-state index contributed by atoms with van der Waals surface area (Å²) in [5.41, 5.74) is -1.11. The molecule has 0 amide bonds. The Balaban J connectivity index is 2.32. The Labute approximate surface area is 102 Å². The second kappa shape index (κ2) is 4.37. The number of halogens is 3. The number of nitrogens with one attached hydrogen (secondary N) is 1. The number of aromatic amines is 1. The molecule has 0 radical (unpaired) electrons. The molecule has 2 aromatic heterocycles. The first-order valence-electron chi connectivity index (χ1n) is 4.97. The normalized spacial score (nSPS) is 11.8. The lowest BCUT2D eigenvalue weighted by atomic mass is 10.4. The molecule has 1 N–H and O–H groups in total. The van der Waals surface area contributed by atoms with E-state index in [9.17, 15) is 22.8 Å². The maximum absolute atomic E-state index is 12.2. The molecule has 0 atom stereocenters. The molecular weight excluding hydrogens is 269 g/mol. The van der Waals surface area contributed by atoms with Gasteiger partial charge in [0.25, 0.3) is 5.56 Å². The van der Waals surface area contributed by atoms with Crippen LogP contribution < -0.4 is 11.2 Å². The van der Waals surface area contributed by atoms with Gasteiger partial charge in [-0.05, 0) is 6.92 Å². The number of hydrogen-bond acceptors (Lipinski definition) is 5. The quantitative estimate of drug-likeness (QED) is 0.851. The van der Waals surface area contributed by atoms with Crippen molar-refractivity contribution in [2.75, 3.05) is 0 Å². The molecule has 0 fully saturated rings. The average molecular weight is 276 g/mol. The minimum Gasteiger partial charge on any atom is -0.415 e. The summed E-state index contributed by atoms with van der Waals surface area (Å²) in [6, 6.07) is 0. The molecule has 0 bridgehead atoms. The van der Waals surface area contributed by atoms with Gasteiger partial charge in [-0.25, -0.2) is 4.79 Å². The predicted octanol–water partition coefficient (Wildman–Crippen LogP) is 0.295. The zero-order chi connectivity index (χ0) is 14.2. The predicted molar refractivity (Wildman–Crippen MR) is 54.5 cm³/mol. The molecule has 0 aliphatic carbocycles. The molecule has 2 rings (SSSR count). The lowest BCUT2D eigenvalue weighted by molar-refractivity contribution is -0.157. The van der Waals surface area contributed by atoms with Crippen molar-refractivity contribution in [3.8, 4) is 0 Å². The van der Waals surface area contributed by atoms with E-state index >= 15 is 0 Å². The molecule has 0 saturated carbocycles. The van der Waals surface area contributed by atoms with Crippen LogP contribution in [0.5, 0.6) is 0 Å². The van der Waals surface area contributed by atoms with Gasteiger partial charge in [0, 0.05) is 11.8 Å². The van der Waals surface area contributed by atoms with E-state index in [0.29, 0.717) is 0 Å². The van der Waals surface area contributed by atoms with Gasteiger partial charge in [-0.3, -0.25) is 14.3 Å². The lowest BCUT2D eigenvalue weighted by Crippen LogP contribution is -2.31. The van der Waals surface area contributed by atoms with E-state index < -0.39 is 23.3 Å². The van der Waals surface area contributed by atoms with Gasteiger partial charge in [-0.15, -0.1) is 10.2 Å². The van der Waals surface area contributed by atoms with Crippen LogP contribution in [0.15, 0.2) is 20.2 Å². The number of aromatic nitrogens is 4.